The lowest BCUT2D eigenvalue weighted by Crippen LogP contribution is -2.19. The second-order valence-corrected chi connectivity index (χ2v) is 6.84. The van der Waals surface area contributed by atoms with E-state index in [0.29, 0.717) is 6.04 Å². The zero-order valence-corrected chi connectivity index (χ0v) is 13.9. The summed E-state index contributed by atoms with van der Waals surface area (Å²) in [4.78, 5) is 0. The van der Waals surface area contributed by atoms with Gasteiger partial charge in [-0.15, -0.1) is 0 Å². The van der Waals surface area contributed by atoms with E-state index < -0.39 is 0 Å². The highest BCUT2D eigenvalue weighted by molar-refractivity contribution is 5.32. The molecule has 0 amide bonds. The summed E-state index contributed by atoms with van der Waals surface area (Å²) in [6, 6.07) is 18.0. The summed E-state index contributed by atoms with van der Waals surface area (Å²) in [5.74, 6) is 0. The van der Waals surface area contributed by atoms with Crippen molar-refractivity contribution in [2.45, 2.75) is 45.6 Å². The van der Waals surface area contributed by atoms with Crippen LogP contribution in [0.5, 0.6) is 0 Å². The topological polar surface area (TPSA) is 12.0 Å². The average Bonchev–Trinajstić information content (AvgIpc) is 2.46. The Morgan fingerprint density at radius 3 is 2.10 bits per heavy atom. The molecule has 1 N–H and O–H groups in total. The third-order valence-corrected chi connectivity index (χ3v) is 4.21. The minimum Gasteiger partial charge on any atom is -0.313 e. The summed E-state index contributed by atoms with van der Waals surface area (Å²) in [5, 5.41) is 3.45. The third kappa shape index (κ3) is 3.95. The summed E-state index contributed by atoms with van der Waals surface area (Å²) in [7, 11) is 2.04. The van der Waals surface area contributed by atoms with Crippen LogP contribution in [0.25, 0.3) is 0 Å². The van der Waals surface area contributed by atoms with Gasteiger partial charge in [-0.25, -0.2) is 0 Å². The molecule has 2 aromatic carbocycles. The van der Waals surface area contributed by atoms with Gasteiger partial charge in [-0.1, -0.05) is 69.3 Å². The normalized spacial score (nSPS) is 13.2. The smallest absolute Gasteiger partial charge is 0.0358 e. The Labute approximate surface area is 129 Å². The van der Waals surface area contributed by atoms with Gasteiger partial charge in [-0.05, 0) is 48.1 Å². The Morgan fingerprint density at radius 2 is 1.57 bits per heavy atom. The Morgan fingerprint density at radius 1 is 0.952 bits per heavy atom. The minimum atomic E-state index is 0.212. The zero-order chi connectivity index (χ0) is 15.5. The average molecular weight is 281 g/mol. The zero-order valence-electron chi connectivity index (χ0n) is 13.9. The lowest BCUT2D eigenvalue weighted by molar-refractivity contribution is 0.579. The number of benzene rings is 2. The maximum atomic E-state index is 3.45. The van der Waals surface area contributed by atoms with Gasteiger partial charge in [0.15, 0.2) is 0 Å². The van der Waals surface area contributed by atoms with E-state index in [1.54, 1.807) is 0 Å². The molecule has 1 atom stereocenters. The minimum absolute atomic E-state index is 0.212. The lowest BCUT2D eigenvalue weighted by Gasteiger charge is -2.22. The van der Waals surface area contributed by atoms with Gasteiger partial charge in [0.25, 0.3) is 0 Å². The highest BCUT2D eigenvalue weighted by atomic mass is 14.9. The van der Waals surface area contributed by atoms with Crippen LogP contribution in [0.2, 0.25) is 0 Å². The van der Waals surface area contributed by atoms with Gasteiger partial charge in [0.2, 0.25) is 0 Å². The Hall–Kier alpha value is -1.60. The van der Waals surface area contributed by atoms with E-state index in [0.717, 1.165) is 6.42 Å². The summed E-state index contributed by atoms with van der Waals surface area (Å²) < 4.78 is 0. The molecule has 0 saturated carbocycles. The van der Waals surface area contributed by atoms with Gasteiger partial charge in [0, 0.05) is 6.04 Å². The van der Waals surface area contributed by atoms with E-state index in [-0.39, 0.29) is 5.41 Å². The van der Waals surface area contributed by atoms with Crippen LogP contribution in [0.3, 0.4) is 0 Å². The summed E-state index contributed by atoms with van der Waals surface area (Å²) in [5.41, 5.74) is 5.73. The van der Waals surface area contributed by atoms with Crippen molar-refractivity contribution < 1.29 is 0 Å². The second kappa shape index (κ2) is 6.44. The van der Waals surface area contributed by atoms with E-state index in [2.05, 4.69) is 81.5 Å². The molecule has 0 spiro atoms. The summed E-state index contributed by atoms with van der Waals surface area (Å²) in [6.07, 6.45) is 1.03. The molecule has 0 aromatic heterocycles. The number of aryl methyl sites for hydroxylation is 1. The van der Waals surface area contributed by atoms with Gasteiger partial charge in [0.1, 0.15) is 0 Å². The lowest BCUT2D eigenvalue weighted by atomic mass is 9.86. The van der Waals surface area contributed by atoms with Gasteiger partial charge < -0.3 is 5.32 Å². The highest BCUT2D eigenvalue weighted by Gasteiger charge is 2.15. The van der Waals surface area contributed by atoms with Crippen molar-refractivity contribution in [3.8, 4) is 0 Å². The molecule has 112 valence electrons. The Bertz CT molecular complexity index is 576. The van der Waals surface area contributed by atoms with Crippen LogP contribution in [0.15, 0.2) is 48.5 Å². The molecule has 2 aromatic rings. The quantitative estimate of drug-likeness (QED) is 0.849. The van der Waals surface area contributed by atoms with E-state index in [9.17, 15) is 0 Å². The summed E-state index contributed by atoms with van der Waals surface area (Å²) in [6.45, 7) is 8.95. The molecule has 1 heteroatoms. The molecule has 0 saturated heterocycles. The first-order chi connectivity index (χ1) is 9.91. The van der Waals surface area contributed by atoms with Crippen molar-refractivity contribution in [1.82, 2.24) is 5.32 Å². The SMILES string of the molecule is CNC(Cc1ccccc1C)c1ccc(C(C)(C)C)cc1. The Kier molecular flexibility index (Phi) is 4.84. The second-order valence-electron chi connectivity index (χ2n) is 6.84. The van der Waals surface area contributed by atoms with Crippen molar-refractivity contribution >= 4 is 0 Å². The van der Waals surface area contributed by atoms with E-state index in [1.807, 2.05) is 7.05 Å². The van der Waals surface area contributed by atoms with Crippen molar-refractivity contribution in [1.29, 1.82) is 0 Å². The molecule has 0 radical (unpaired) electrons. The largest absolute Gasteiger partial charge is 0.313 e. The number of hydrogen-bond acceptors (Lipinski definition) is 1. The van der Waals surface area contributed by atoms with Crippen LogP contribution >= 0.6 is 0 Å². The van der Waals surface area contributed by atoms with Gasteiger partial charge in [-0.2, -0.15) is 0 Å². The molecule has 0 fully saturated rings. The number of rotatable bonds is 4. The van der Waals surface area contributed by atoms with E-state index in [1.165, 1.54) is 22.3 Å². The fourth-order valence-electron chi connectivity index (χ4n) is 2.66. The van der Waals surface area contributed by atoms with Crippen molar-refractivity contribution in [3.63, 3.8) is 0 Å². The van der Waals surface area contributed by atoms with Gasteiger partial charge >= 0.3 is 0 Å². The third-order valence-electron chi connectivity index (χ3n) is 4.21. The van der Waals surface area contributed by atoms with Crippen molar-refractivity contribution in [2.75, 3.05) is 7.05 Å². The first-order valence-corrected chi connectivity index (χ1v) is 7.74. The van der Waals surface area contributed by atoms with Crippen molar-refractivity contribution in [2.24, 2.45) is 0 Å². The van der Waals surface area contributed by atoms with Crippen LogP contribution in [-0.4, -0.2) is 7.05 Å². The molecule has 0 aliphatic carbocycles. The first kappa shape index (κ1) is 15.8. The van der Waals surface area contributed by atoms with E-state index in [4.69, 9.17) is 0 Å². The number of hydrogen-bond donors (Lipinski definition) is 1. The molecule has 0 aliphatic rings. The first-order valence-electron chi connectivity index (χ1n) is 7.74. The van der Waals surface area contributed by atoms with E-state index >= 15 is 0 Å². The fourth-order valence-corrected chi connectivity index (χ4v) is 2.66. The van der Waals surface area contributed by atoms with Gasteiger partial charge in [-0.3, -0.25) is 0 Å². The maximum absolute atomic E-state index is 3.45. The predicted molar refractivity (Wildman–Crippen MR) is 91.8 cm³/mol. The van der Waals surface area contributed by atoms with Gasteiger partial charge in [0.05, 0.1) is 0 Å². The van der Waals surface area contributed by atoms with Crippen LogP contribution in [0.1, 0.15) is 49.1 Å². The maximum Gasteiger partial charge on any atom is 0.0358 e. The predicted octanol–water partition coefficient (Wildman–Crippen LogP) is 4.80. The van der Waals surface area contributed by atoms with Crippen LogP contribution in [0.4, 0.5) is 0 Å². The molecule has 0 bridgehead atoms. The highest BCUT2D eigenvalue weighted by Crippen LogP contribution is 2.25. The molecule has 1 unspecified atom stereocenters. The number of nitrogens with one attached hydrogen (secondary N) is 1. The van der Waals surface area contributed by atoms with Crippen LogP contribution in [0, 0.1) is 6.92 Å². The molecule has 0 aliphatic heterocycles. The van der Waals surface area contributed by atoms with Crippen LogP contribution in [-0.2, 0) is 11.8 Å². The molecule has 2 rings (SSSR count). The van der Waals surface area contributed by atoms with Crippen molar-refractivity contribution in [3.05, 3.63) is 70.8 Å². The fraction of sp³-hybridized carbons (Fsp3) is 0.400. The molecular formula is C20H27N. The molecule has 0 heterocycles. The summed E-state index contributed by atoms with van der Waals surface area (Å²) >= 11 is 0. The monoisotopic (exact) mass is 281 g/mol. The Balaban J connectivity index is 2.20. The number of likely N-dealkylation sites (N-methyl/N-ethyl adjacent to an activating group) is 1. The molecule has 1 nitrogen and oxygen atoms in total. The standard InChI is InChI=1S/C20H27N/c1-15-8-6-7-9-17(15)14-19(21-5)16-10-12-18(13-11-16)20(2,3)4/h6-13,19,21H,14H2,1-5H3. The van der Waals surface area contributed by atoms with Crippen LogP contribution < -0.4 is 5.32 Å². The molecular weight excluding hydrogens is 254 g/mol. The molecule has 21 heavy (non-hydrogen) atoms.